The largest absolute Gasteiger partial charge is 0.398 e. The monoisotopic (exact) mass is 394 g/mol. The fourth-order valence-corrected chi connectivity index (χ4v) is 3.28. The molecule has 8 nitrogen and oxygen atoms in total. The van der Waals surface area contributed by atoms with Gasteiger partial charge >= 0.3 is 0 Å². The molecule has 3 aromatic heterocycles. The molecule has 0 saturated carbocycles. The molecule has 3 heterocycles. The Morgan fingerprint density at radius 1 is 1.03 bits per heavy atom. The summed E-state index contributed by atoms with van der Waals surface area (Å²) in [4.78, 5) is 9.21. The number of imidazole rings is 1. The fraction of sp³-hybridized carbons (Fsp3) is 0. The highest BCUT2D eigenvalue weighted by atomic mass is 15.3. The van der Waals surface area contributed by atoms with Crippen molar-refractivity contribution in [1.29, 1.82) is 5.41 Å². The van der Waals surface area contributed by atoms with Crippen LogP contribution in [0.3, 0.4) is 0 Å². The normalized spacial score (nSPS) is 10.9. The second-order valence-corrected chi connectivity index (χ2v) is 6.74. The molecule has 146 valence electrons. The Kier molecular flexibility index (Phi) is 4.21. The molecule has 0 aliphatic carbocycles. The van der Waals surface area contributed by atoms with Crippen LogP contribution in [0.25, 0.3) is 22.6 Å². The summed E-state index contributed by atoms with van der Waals surface area (Å²) >= 11 is 0. The van der Waals surface area contributed by atoms with Gasteiger partial charge in [-0.2, -0.15) is 5.10 Å². The summed E-state index contributed by atoms with van der Waals surface area (Å²) in [5.74, 6) is 0.638. The summed E-state index contributed by atoms with van der Waals surface area (Å²) in [5.41, 5.74) is 11.5. The molecule has 0 fully saturated rings. The number of hydrogen-bond donors (Lipinski definition) is 3. The van der Waals surface area contributed by atoms with Crippen molar-refractivity contribution in [3.8, 4) is 16.9 Å². The maximum Gasteiger partial charge on any atom is 0.180 e. The molecular weight excluding hydrogens is 376 g/mol. The third kappa shape index (κ3) is 3.16. The molecule has 4 N–H and O–H groups in total. The number of fused-ring (bicyclic) bond motifs is 1. The molecule has 5 rings (SSSR count). The second kappa shape index (κ2) is 7.17. The van der Waals surface area contributed by atoms with Crippen molar-refractivity contribution in [2.45, 2.75) is 0 Å². The van der Waals surface area contributed by atoms with Crippen LogP contribution in [0.5, 0.6) is 0 Å². The van der Waals surface area contributed by atoms with Crippen LogP contribution in [0.15, 0.2) is 79.5 Å². The standard InChI is InChI=1S/C22H18N8/c23-13-16-3-2-15(12-19(16)24)20-14-29-11-9-25-22(29)21(28-20)27-17-4-6-18(7-5-17)30-10-1-8-26-30/h1-14,23H,24H2,(H,27,28). The highest BCUT2D eigenvalue weighted by Crippen LogP contribution is 2.27. The number of anilines is 3. The average Bonchev–Trinajstić information content (AvgIpc) is 3.46. The maximum absolute atomic E-state index is 7.42. The van der Waals surface area contributed by atoms with Crippen molar-refractivity contribution < 1.29 is 0 Å². The summed E-state index contributed by atoms with van der Waals surface area (Å²) in [6.45, 7) is 0. The molecule has 8 heteroatoms. The van der Waals surface area contributed by atoms with Gasteiger partial charge in [0.05, 0.1) is 11.4 Å². The van der Waals surface area contributed by atoms with Crippen LogP contribution in [0, 0.1) is 5.41 Å². The topological polar surface area (TPSA) is 110 Å². The van der Waals surface area contributed by atoms with Crippen LogP contribution < -0.4 is 11.1 Å². The quantitative estimate of drug-likeness (QED) is 0.309. The number of nitrogens with one attached hydrogen (secondary N) is 2. The molecule has 0 amide bonds. The Morgan fingerprint density at radius 3 is 2.63 bits per heavy atom. The first-order valence-corrected chi connectivity index (χ1v) is 9.32. The Morgan fingerprint density at radius 2 is 1.90 bits per heavy atom. The highest BCUT2D eigenvalue weighted by Gasteiger charge is 2.11. The molecule has 5 aromatic rings. The van der Waals surface area contributed by atoms with Gasteiger partial charge in [-0.15, -0.1) is 0 Å². The predicted molar refractivity (Wildman–Crippen MR) is 118 cm³/mol. The first kappa shape index (κ1) is 17.6. The van der Waals surface area contributed by atoms with E-state index in [0.29, 0.717) is 17.1 Å². The van der Waals surface area contributed by atoms with Gasteiger partial charge in [0.2, 0.25) is 0 Å². The zero-order chi connectivity index (χ0) is 20.5. The Balaban J connectivity index is 1.52. The molecule has 0 aliphatic heterocycles. The van der Waals surface area contributed by atoms with Gasteiger partial charge in [0.1, 0.15) is 0 Å². The summed E-state index contributed by atoms with van der Waals surface area (Å²) in [5, 5.41) is 15.0. The minimum atomic E-state index is 0.541. The lowest BCUT2D eigenvalue weighted by molar-refractivity contribution is 0.881. The Hall–Kier alpha value is -4.46. The lowest BCUT2D eigenvalue weighted by atomic mass is 10.1. The molecule has 0 unspecified atom stereocenters. The molecule has 0 aliphatic rings. The zero-order valence-corrected chi connectivity index (χ0v) is 15.9. The number of rotatable bonds is 5. The number of nitrogen functional groups attached to an aromatic ring is 1. The average molecular weight is 394 g/mol. The fourth-order valence-electron chi connectivity index (χ4n) is 3.28. The molecule has 0 radical (unpaired) electrons. The van der Waals surface area contributed by atoms with Crippen molar-refractivity contribution in [2.75, 3.05) is 11.1 Å². The first-order valence-electron chi connectivity index (χ1n) is 9.32. The van der Waals surface area contributed by atoms with Crippen LogP contribution in [0.1, 0.15) is 5.56 Å². The van der Waals surface area contributed by atoms with E-state index in [1.165, 1.54) is 6.21 Å². The van der Waals surface area contributed by atoms with Gasteiger partial charge in [-0.05, 0) is 36.4 Å². The van der Waals surface area contributed by atoms with E-state index in [9.17, 15) is 0 Å². The van der Waals surface area contributed by atoms with Gasteiger partial charge < -0.3 is 20.9 Å². The molecule has 0 bridgehead atoms. The molecule has 30 heavy (non-hydrogen) atoms. The Bertz CT molecular complexity index is 1330. The number of nitrogens with zero attached hydrogens (tertiary/aromatic N) is 5. The zero-order valence-electron chi connectivity index (χ0n) is 15.9. The maximum atomic E-state index is 7.42. The number of aromatic nitrogens is 5. The van der Waals surface area contributed by atoms with Crippen molar-refractivity contribution in [1.82, 2.24) is 24.1 Å². The molecule has 0 saturated heterocycles. The van der Waals surface area contributed by atoms with Crippen LogP contribution in [0.2, 0.25) is 0 Å². The second-order valence-electron chi connectivity index (χ2n) is 6.74. The third-order valence-corrected chi connectivity index (χ3v) is 4.81. The van der Waals surface area contributed by atoms with Gasteiger partial charge in [-0.1, -0.05) is 12.1 Å². The summed E-state index contributed by atoms with van der Waals surface area (Å²) in [6, 6.07) is 15.4. The molecule has 0 atom stereocenters. The van der Waals surface area contributed by atoms with Gasteiger partial charge in [-0.3, -0.25) is 0 Å². The molecule has 0 spiro atoms. The van der Waals surface area contributed by atoms with Gasteiger partial charge in [0.25, 0.3) is 0 Å². The van der Waals surface area contributed by atoms with E-state index in [1.54, 1.807) is 17.1 Å². The predicted octanol–water partition coefficient (Wildman–Crippen LogP) is 3.91. The van der Waals surface area contributed by atoms with Gasteiger partial charge in [0, 0.05) is 59.7 Å². The van der Waals surface area contributed by atoms with Crippen molar-refractivity contribution in [3.05, 3.63) is 85.1 Å². The molecular formula is C22H18N8. The van der Waals surface area contributed by atoms with E-state index in [4.69, 9.17) is 16.1 Å². The number of hydrogen-bond acceptors (Lipinski definition) is 6. The van der Waals surface area contributed by atoms with E-state index in [1.807, 2.05) is 71.5 Å². The lowest BCUT2D eigenvalue weighted by Crippen LogP contribution is -2.01. The van der Waals surface area contributed by atoms with E-state index in [2.05, 4.69) is 15.4 Å². The SMILES string of the molecule is N=Cc1ccc(-c2cn3ccnc3c(Nc3ccc(-n4cccn4)cc3)n2)cc1N. The highest BCUT2D eigenvalue weighted by molar-refractivity contribution is 5.87. The van der Waals surface area contributed by atoms with Crippen LogP contribution in [-0.2, 0) is 0 Å². The van der Waals surface area contributed by atoms with Gasteiger partial charge in [0.15, 0.2) is 11.5 Å². The van der Waals surface area contributed by atoms with Crippen molar-refractivity contribution >= 4 is 29.1 Å². The smallest absolute Gasteiger partial charge is 0.180 e. The van der Waals surface area contributed by atoms with Crippen molar-refractivity contribution in [2.24, 2.45) is 0 Å². The Labute approximate surface area is 172 Å². The summed E-state index contributed by atoms with van der Waals surface area (Å²) in [7, 11) is 0. The number of benzene rings is 2. The lowest BCUT2D eigenvalue weighted by Gasteiger charge is -2.11. The van der Waals surface area contributed by atoms with Crippen LogP contribution in [0.4, 0.5) is 17.2 Å². The van der Waals surface area contributed by atoms with E-state index in [0.717, 1.165) is 28.3 Å². The minimum Gasteiger partial charge on any atom is -0.398 e. The first-order chi connectivity index (χ1) is 14.7. The van der Waals surface area contributed by atoms with Gasteiger partial charge in [-0.25, -0.2) is 14.6 Å². The van der Waals surface area contributed by atoms with E-state index < -0.39 is 0 Å². The summed E-state index contributed by atoms with van der Waals surface area (Å²) in [6.07, 6.45) is 10.4. The van der Waals surface area contributed by atoms with Crippen molar-refractivity contribution in [3.63, 3.8) is 0 Å². The molecule has 2 aromatic carbocycles. The van der Waals surface area contributed by atoms with Crippen LogP contribution >= 0.6 is 0 Å². The van der Waals surface area contributed by atoms with Crippen LogP contribution in [-0.4, -0.2) is 30.4 Å². The minimum absolute atomic E-state index is 0.541. The number of nitrogens with two attached hydrogens (primary N) is 1. The van der Waals surface area contributed by atoms with E-state index in [-0.39, 0.29) is 0 Å². The summed E-state index contributed by atoms with van der Waals surface area (Å²) < 4.78 is 3.72. The third-order valence-electron chi connectivity index (χ3n) is 4.81. The van der Waals surface area contributed by atoms with E-state index >= 15 is 0 Å².